The zero-order valence-electron chi connectivity index (χ0n) is 11.4. The van der Waals surface area contributed by atoms with Crippen molar-refractivity contribution in [3.05, 3.63) is 29.3 Å². The Balaban J connectivity index is 2.27. The molecule has 1 aliphatic rings. The maximum Gasteiger partial charge on any atom is 0.416 e. The molecule has 4 nitrogen and oxygen atoms in total. The molecule has 0 saturated heterocycles. The summed E-state index contributed by atoms with van der Waals surface area (Å²) in [5, 5.41) is 11.4. The third-order valence-corrected chi connectivity index (χ3v) is 3.67. The highest BCUT2D eigenvalue weighted by atomic mass is 19.4. The number of hydrogen-bond acceptors (Lipinski definition) is 2. The lowest BCUT2D eigenvalue weighted by molar-refractivity contribution is -0.137. The molecule has 1 unspecified atom stereocenters. The number of carbonyl (C=O) groups excluding carboxylic acids is 1. The smallest absolute Gasteiger partial charge is 0.416 e. The molecule has 1 amide bonds. The molecule has 7 heteroatoms. The molecule has 114 valence electrons. The zero-order valence-corrected chi connectivity index (χ0v) is 11.4. The van der Waals surface area contributed by atoms with E-state index in [0.29, 0.717) is 12.5 Å². The average molecular weight is 301 g/mol. The van der Waals surface area contributed by atoms with Crippen molar-refractivity contribution in [2.75, 3.05) is 5.32 Å². The first-order valence-electron chi connectivity index (χ1n) is 6.28. The molecule has 0 heterocycles. The Hall–Kier alpha value is -2.05. The van der Waals surface area contributed by atoms with E-state index < -0.39 is 23.3 Å². The molecular weight excluding hydrogens is 287 g/mol. The summed E-state index contributed by atoms with van der Waals surface area (Å²) in [6, 6.07) is 2.25. The molecule has 1 atom stereocenters. The van der Waals surface area contributed by atoms with Gasteiger partial charge in [0.05, 0.1) is 16.8 Å². The summed E-state index contributed by atoms with van der Waals surface area (Å²) in [7, 11) is 0. The Morgan fingerprint density at radius 3 is 2.33 bits per heavy atom. The Kier molecular flexibility index (Phi) is 3.47. The van der Waals surface area contributed by atoms with Gasteiger partial charge in [0, 0.05) is 5.92 Å². The molecule has 21 heavy (non-hydrogen) atoms. The first-order chi connectivity index (χ1) is 9.52. The topological polar surface area (TPSA) is 66.4 Å². The van der Waals surface area contributed by atoms with Crippen molar-refractivity contribution in [2.24, 2.45) is 11.3 Å². The lowest BCUT2D eigenvalue weighted by atomic mass is 10.1. The normalized spacial score (nSPS) is 20.0. The molecule has 0 radical (unpaired) electrons. The number of amides is 1. The summed E-state index contributed by atoms with van der Waals surface area (Å²) in [6.07, 6.45) is -3.97. The van der Waals surface area contributed by atoms with Crippen LogP contribution in [0.25, 0.3) is 0 Å². The molecule has 0 bridgehead atoms. The van der Waals surface area contributed by atoms with E-state index in [1.54, 1.807) is 0 Å². The lowest BCUT2D eigenvalue weighted by Gasteiger charge is -2.12. The Morgan fingerprint density at radius 1 is 1.33 bits per heavy atom. The number of aromatic carboxylic acids is 1. The van der Waals surface area contributed by atoms with Crippen LogP contribution in [0.5, 0.6) is 0 Å². The number of anilines is 1. The van der Waals surface area contributed by atoms with Crippen LogP contribution in [-0.2, 0) is 11.0 Å². The molecule has 0 aliphatic heterocycles. The fourth-order valence-electron chi connectivity index (χ4n) is 2.14. The zero-order chi connectivity index (χ0) is 16.0. The van der Waals surface area contributed by atoms with E-state index in [2.05, 4.69) is 5.32 Å². The molecule has 1 aliphatic carbocycles. The fraction of sp³-hybridized carbons (Fsp3) is 0.429. The quantitative estimate of drug-likeness (QED) is 0.899. The Bertz CT molecular complexity index is 608. The predicted molar refractivity (Wildman–Crippen MR) is 68.9 cm³/mol. The van der Waals surface area contributed by atoms with Crippen LogP contribution >= 0.6 is 0 Å². The monoisotopic (exact) mass is 301 g/mol. The Morgan fingerprint density at radius 2 is 1.90 bits per heavy atom. The molecule has 1 aromatic rings. The Labute approximate surface area is 119 Å². The first kappa shape index (κ1) is 15.3. The first-order valence-corrected chi connectivity index (χ1v) is 6.28. The number of benzene rings is 1. The van der Waals surface area contributed by atoms with Gasteiger partial charge in [0.15, 0.2) is 0 Å². The molecule has 0 aromatic heterocycles. The van der Waals surface area contributed by atoms with Crippen LogP contribution < -0.4 is 5.32 Å². The second-order valence-electron chi connectivity index (χ2n) is 5.80. The summed E-state index contributed by atoms with van der Waals surface area (Å²) in [5.74, 6) is -2.14. The summed E-state index contributed by atoms with van der Waals surface area (Å²) < 4.78 is 37.8. The van der Waals surface area contributed by atoms with Crippen LogP contribution in [0, 0.1) is 11.3 Å². The number of hydrogen-bond donors (Lipinski definition) is 2. The summed E-state index contributed by atoms with van der Waals surface area (Å²) in [6.45, 7) is 3.78. The van der Waals surface area contributed by atoms with Gasteiger partial charge < -0.3 is 10.4 Å². The van der Waals surface area contributed by atoms with Gasteiger partial charge in [-0.05, 0) is 30.0 Å². The van der Waals surface area contributed by atoms with Crippen molar-refractivity contribution in [2.45, 2.75) is 26.4 Å². The SMILES string of the molecule is CC1(C)CC1C(=O)Nc1ccc(C(F)(F)F)cc1C(=O)O. The standard InChI is InChI=1S/C14H14F3NO3/c1-13(2)6-9(13)11(19)18-10-4-3-7(14(15,16)17)5-8(10)12(20)21/h3-5,9H,6H2,1-2H3,(H,18,19)(H,20,21). The third-order valence-electron chi connectivity index (χ3n) is 3.67. The van der Waals surface area contributed by atoms with Crippen molar-refractivity contribution in [1.29, 1.82) is 0 Å². The minimum atomic E-state index is -4.63. The van der Waals surface area contributed by atoms with Crippen LogP contribution in [-0.4, -0.2) is 17.0 Å². The summed E-state index contributed by atoms with van der Waals surface area (Å²) in [4.78, 5) is 23.0. The minimum Gasteiger partial charge on any atom is -0.478 e. The average Bonchev–Trinajstić information content (AvgIpc) is 2.97. The van der Waals surface area contributed by atoms with Gasteiger partial charge in [-0.15, -0.1) is 0 Å². The highest BCUT2D eigenvalue weighted by Crippen LogP contribution is 2.52. The second-order valence-corrected chi connectivity index (χ2v) is 5.80. The largest absolute Gasteiger partial charge is 0.478 e. The van der Waals surface area contributed by atoms with E-state index in [9.17, 15) is 22.8 Å². The molecule has 1 fully saturated rings. The minimum absolute atomic E-state index is 0.122. The van der Waals surface area contributed by atoms with Gasteiger partial charge in [-0.3, -0.25) is 4.79 Å². The number of carbonyl (C=O) groups is 2. The van der Waals surface area contributed by atoms with Gasteiger partial charge in [-0.2, -0.15) is 13.2 Å². The van der Waals surface area contributed by atoms with Crippen molar-refractivity contribution >= 4 is 17.6 Å². The highest BCUT2D eigenvalue weighted by molar-refractivity contribution is 6.02. The maximum absolute atomic E-state index is 12.6. The van der Waals surface area contributed by atoms with E-state index in [0.717, 1.165) is 12.1 Å². The van der Waals surface area contributed by atoms with Crippen molar-refractivity contribution in [3.63, 3.8) is 0 Å². The number of alkyl halides is 3. The van der Waals surface area contributed by atoms with Crippen LogP contribution in [0.2, 0.25) is 0 Å². The van der Waals surface area contributed by atoms with Crippen LogP contribution in [0.15, 0.2) is 18.2 Å². The fourth-order valence-corrected chi connectivity index (χ4v) is 2.14. The number of carboxylic acids is 1. The summed E-state index contributed by atoms with van der Waals surface area (Å²) in [5.41, 5.74) is -1.91. The predicted octanol–water partition coefficient (Wildman–Crippen LogP) is 3.39. The van der Waals surface area contributed by atoms with Gasteiger partial charge in [0.2, 0.25) is 5.91 Å². The number of nitrogens with one attached hydrogen (secondary N) is 1. The molecule has 1 aromatic carbocycles. The van der Waals surface area contributed by atoms with E-state index in [1.807, 2.05) is 13.8 Å². The third kappa shape index (κ3) is 3.17. The van der Waals surface area contributed by atoms with Crippen molar-refractivity contribution < 1.29 is 27.9 Å². The van der Waals surface area contributed by atoms with Gasteiger partial charge in [-0.1, -0.05) is 13.8 Å². The van der Waals surface area contributed by atoms with Gasteiger partial charge in [-0.25, -0.2) is 4.79 Å². The molecule has 2 rings (SSSR count). The van der Waals surface area contributed by atoms with Crippen molar-refractivity contribution in [1.82, 2.24) is 0 Å². The number of halogens is 3. The molecule has 2 N–H and O–H groups in total. The van der Waals surface area contributed by atoms with E-state index in [1.165, 1.54) is 0 Å². The van der Waals surface area contributed by atoms with Gasteiger partial charge in [0.25, 0.3) is 0 Å². The molecular formula is C14H14F3NO3. The van der Waals surface area contributed by atoms with E-state index >= 15 is 0 Å². The molecule has 1 saturated carbocycles. The lowest BCUT2D eigenvalue weighted by Crippen LogP contribution is -2.19. The van der Waals surface area contributed by atoms with Crippen molar-refractivity contribution in [3.8, 4) is 0 Å². The van der Waals surface area contributed by atoms with E-state index in [-0.39, 0.29) is 22.9 Å². The van der Waals surface area contributed by atoms with Gasteiger partial charge in [0.1, 0.15) is 0 Å². The van der Waals surface area contributed by atoms with Crippen LogP contribution in [0.1, 0.15) is 36.2 Å². The number of rotatable bonds is 3. The van der Waals surface area contributed by atoms with Gasteiger partial charge >= 0.3 is 12.1 Å². The second kappa shape index (κ2) is 4.75. The van der Waals surface area contributed by atoms with Crippen LogP contribution in [0.3, 0.4) is 0 Å². The summed E-state index contributed by atoms with van der Waals surface area (Å²) >= 11 is 0. The number of carboxylic acid groups (broad SMARTS) is 1. The maximum atomic E-state index is 12.6. The molecule has 0 spiro atoms. The van der Waals surface area contributed by atoms with E-state index in [4.69, 9.17) is 5.11 Å². The highest BCUT2D eigenvalue weighted by Gasteiger charge is 2.50. The van der Waals surface area contributed by atoms with Crippen LogP contribution in [0.4, 0.5) is 18.9 Å².